The molecule has 1 unspecified atom stereocenters. The maximum Gasteiger partial charge on any atom is 0.256 e. The van der Waals surface area contributed by atoms with Gasteiger partial charge in [0.2, 0.25) is 0 Å². The zero-order valence-corrected chi connectivity index (χ0v) is 19.5. The summed E-state index contributed by atoms with van der Waals surface area (Å²) in [5.41, 5.74) is 4.05. The van der Waals surface area contributed by atoms with Crippen molar-refractivity contribution in [2.75, 3.05) is 11.9 Å². The largest absolute Gasteiger partial charge is 0.368 e. The quantitative estimate of drug-likeness (QED) is 0.525. The molecule has 0 radical (unpaired) electrons. The number of rotatable bonds is 8. The van der Waals surface area contributed by atoms with E-state index in [1.165, 1.54) is 19.1 Å². The topological polar surface area (TPSA) is 106 Å². The molecule has 33 heavy (non-hydrogen) atoms. The SMILES string of the molecule is CCc1nocc1C(=O)NC(CNc1ccc(-c2ncncc2C)cn1)C1CCC(C)CC1. The van der Waals surface area contributed by atoms with E-state index in [-0.39, 0.29) is 11.9 Å². The summed E-state index contributed by atoms with van der Waals surface area (Å²) in [7, 11) is 0. The lowest BCUT2D eigenvalue weighted by Crippen LogP contribution is -2.46. The number of carbonyl (C=O) groups excluding carboxylic acids is 1. The second-order valence-corrected chi connectivity index (χ2v) is 9.00. The number of aromatic nitrogens is 4. The lowest BCUT2D eigenvalue weighted by molar-refractivity contribution is 0.0911. The summed E-state index contributed by atoms with van der Waals surface area (Å²) in [5, 5.41) is 10.6. The van der Waals surface area contributed by atoms with E-state index in [1.54, 1.807) is 12.5 Å². The third-order valence-corrected chi connectivity index (χ3v) is 6.61. The first kappa shape index (κ1) is 22.9. The highest BCUT2D eigenvalue weighted by atomic mass is 16.5. The predicted octanol–water partition coefficient (Wildman–Crippen LogP) is 4.43. The molecule has 1 saturated carbocycles. The minimum absolute atomic E-state index is 0.00445. The number of carbonyl (C=O) groups is 1. The van der Waals surface area contributed by atoms with Gasteiger partial charge in [0.05, 0.1) is 11.4 Å². The predicted molar refractivity (Wildman–Crippen MR) is 127 cm³/mol. The lowest BCUT2D eigenvalue weighted by Gasteiger charge is -2.33. The van der Waals surface area contributed by atoms with Crippen molar-refractivity contribution in [1.29, 1.82) is 0 Å². The molecule has 0 aliphatic heterocycles. The molecule has 8 heteroatoms. The Morgan fingerprint density at radius 1 is 1.18 bits per heavy atom. The van der Waals surface area contributed by atoms with E-state index in [0.29, 0.717) is 30.1 Å². The van der Waals surface area contributed by atoms with Gasteiger partial charge in [-0.3, -0.25) is 4.79 Å². The van der Waals surface area contributed by atoms with Crippen LogP contribution in [0, 0.1) is 18.8 Å². The number of aryl methyl sites for hydroxylation is 2. The molecule has 1 atom stereocenters. The molecule has 1 aliphatic carbocycles. The number of nitrogens with one attached hydrogen (secondary N) is 2. The molecule has 1 amide bonds. The monoisotopic (exact) mass is 448 g/mol. The van der Waals surface area contributed by atoms with Gasteiger partial charge in [-0.05, 0) is 55.7 Å². The molecule has 3 aromatic rings. The summed E-state index contributed by atoms with van der Waals surface area (Å²) < 4.78 is 5.04. The second kappa shape index (κ2) is 10.6. The highest BCUT2D eigenvalue weighted by Gasteiger charge is 2.28. The Morgan fingerprint density at radius 3 is 2.70 bits per heavy atom. The van der Waals surface area contributed by atoms with Crippen molar-refractivity contribution in [3.63, 3.8) is 0 Å². The number of anilines is 1. The van der Waals surface area contributed by atoms with E-state index in [1.807, 2.05) is 32.2 Å². The number of amides is 1. The Hall–Kier alpha value is -3.29. The summed E-state index contributed by atoms with van der Waals surface area (Å²) in [6.45, 7) is 6.86. The van der Waals surface area contributed by atoms with Crippen LogP contribution in [0.2, 0.25) is 0 Å². The Labute approximate surface area is 194 Å². The van der Waals surface area contributed by atoms with E-state index >= 15 is 0 Å². The van der Waals surface area contributed by atoms with Gasteiger partial charge in [0.25, 0.3) is 5.91 Å². The normalized spacial score (nSPS) is 19.1. The van der Waals surface area contributed by atoms with Gasteiger partial charge >= 0.3 is 0 Å². The zero-order chi connectivity index (χ0) is 23.2. The van der Waals surface area contributed by atoms with Crippen LogP contribution in [-0.4, -0.2) is 38.6 Å². The molecule has 0 spiro atoms. The molecule has 4 rings (SSSR count). The molecule has 0 bridgehead atoms. The van der Waals surface area contributed by atoms with Gasteiger partial charge in [-0.1, -0.05) is 31.8 Å². The van der Waals surface area contributed by atoms with Gasteiger partial charge in [-0.15, -0.1) is 0 Å². The first-order valence-electron chi connectivity index (χ1n) is 11.8. The average molecular weight is 449 g/mol. The minimum atomic E-state index is -0.124. The van der Waals surface area contributed by atoms with E-state index < -0.39 is 0 Å². The van der Waals surface area contributed by atoms with E-state index in [2.05, 4.69) is 37.7 Å². The fourth-order valence-corrected chi connectivity index (χ4v) is 4.52. The van der Waals surface area contributed by atoms with Crippen LogP contribution in [-0.2, 0) is 6.42 Å². The van der Waals surface area contributed by atoms with Crippen LogP contribution in [0.4, 0.5) is 5.82 Å². The van der Waals surface area contributed by atoms with Crippen LogP contribution in [0.25, 0.3) is 11.3 Å². The van der Waals surface area contributed by atoms with E-state index in [0.717, 1.165) is 41.4 Å². The molecule has 174 valence electrons. The fraction of sp³-hybridized carbons (Fsp3) is 0.480. The van der Waals surface area contributed by atoms with Crippen LogP contribution in [0.5, 0.6) is 0 Å². The molecule has 1 fully saturated rings. The number of nitrogens with zero attached hydrogens (tertiary/aromatic N) is 4. The zero-order valence-electron chi connectivity index (χ0n) is 19.5. The van der Waals surface area contributed by atoms with Crippen molar-refractivity contribution in [2.24, 2.45) is 11.8 Å². The highest BCUT2D eigenvalue weighted by Crippen LogP contribution is 2.31. The Kier molecular flexibility index (Phi) is 7.32. The first-order chi connectivity index (χ1) is 16.0. The summed E-state index contributed by atoms with van der Waals surface area (Å²) >= 11 is 0. The molecular formula is C25H32N6O2. The third kappa shape index (κ3) is 5.56. The van der Waals surface area contributed by atoms with Crippen molar-refractivity contribution >= 4 is 11.7 Å². The van der Waals surface area contributed by atoms with Crippen molar-refractivity contribution < 1.29 is 9.32 Å². The molecule has 0 aromatic carbocycles. The van der Waals surface area contributed by atoms with Gasteiger partial charge < -0.3 is 15.2 Å². The maximum absolute atomic E-state index is 13.0. The average Bonchev–Trinajstić information content (AvgIpc) is 3.32. The molecule has 3 heterocycles. The minimum Gasteiger partial charge on any atom is -0.368 e. The summed E-state index contributed by atoms with van der Waals surface area (Å²) in [5.74, 6) is 1.81. The summed E-state index contributed by atoms with van der Waals surface area (Å²) in [6.07, 6.45) is 11.9. The Balaban J connectivity index is 1.45. The van der Waals surface area contributed by atoms with Gasteiger partial charge in [0, 0.05) is 30.5 Å². The molecule has 8 nitrogen and oxygen atoms in total. The summed E-state index contributed by atoms with van der Waals surface area (Å²) in [4.78, 5) is 26.0. The van der Waals surface area contributed by atoms with Gasteiger partial charge in [-0.25, -0.2) is 15.0 Å². The van der Waals surface area contributed by atoms with Crippen LogP contribution in [0.1, 0.15) is 61.1 Å². The highest BCUT2D eigenvalue weighted by molar-refractivity contribution is 5.95. The Morgan fingerprint density at radius 2 is 2.00 bits per heavy atom. The van der Waals surface area contributed by atoms with Crippen LogP contribution in [0.3, 0.4) is 0 Å². The fourth-order valence-electron chi connectivity index (χ4n) is 4.52. The van der Waals surface area contributed by atoms with Gasteiger partial charge in [0.15, 0.2) is 0 Å². The smallest absolute Gasteiger partial charge is 0.256 e. The second-order valence-electron chi connectivity index (χ2n) is 9.00. The van der Waals surface area contributed by atoms with Gasteiger partial charge in [-0.2, -0.15) is 0 Å². The number of pyridine rings is 1. The number of hydrogen-bond donors (Lipinski definition) is 2. The van der Waals surface area contributed by atoms with E-state index in [4.69, 9.17) is 4.52 Å². The Bertz CT molecular complexity index is 1060. The number of hydrogen-bond acceptors (Lipinski definition) is 7. The van der Waals surface area contributed by atoms with Crippen molar-refractivity contribution in [3.8, 4) is 11.3 Å². The van der Waals surface area contributed by atoms with Gasteiger partial charge in [0.1, 0.15) is 24.0 Å². The molecule has 3 aromatic heterocycles. The maximum atomic E-state index is 13.0. The van der Waals surface area contributed by atoms with Crippen LogP contribution >= 0.6 is 0 Å². The van der Waals surface area contributed by atoms with E-state index in [9.17, 15) is 4.79 Å². The first-order valence-corrected chi connectivity index (χ1v) is 11.8. The van der Waals surface area contributed by atoms with Crippen molar-refractivity contribution in [1.82, 2.24) is 25.4 Å². The van der Waals surface area contributed by atoms with Crippen LogP contribution in [0.15, 0.2) is 41.6 Å². The van der Waals surface area contributed by atoms with Crippen molar-refractivity contribution in [3.05, 3.63) is 53.9 Å². The lowest BCUT2D eigenvalue weighted by atomic mass is 9.79. The molecule has 1 aliphatic rings. The van der Waals surface area contributed by atoms with Crippen molar-refractivity contribution in [2.45, 2.75) is 58.9 Å². The molecule has 0 saturated heterocycles. The molecule has 2 N–H and O–H groups in total. The summed E-state index contributed by atoms with van der Waals surface area (Å²) in [6, 6.07) is 3.95. The van der Waals surface area contributed by atoms with Crippen LogP contribution < -0.4 is 10.6 Å². The third-order valence-electron chi connectivity index (χ3n) is 6.61. The molecular weight excluding hydrogens is 416 g/mol. The standard InChI is InChI=1S/C25H32N6O2/c1-4-21-20(14-33-31-21)25(32)30-22(18-7-5-16(2)6-8-18)13-28-23-10-9-19(12-27-23)24-17(3)11-26-15-29-24/h9-12,14-16,18,22H,4-8,13H2,1-3H3,(H,27,28)(H,30,32).